The van der Waals surface area contributed by atoms with Gasteiger partial charge in [-0.25, -0.2) is 13.1 Å². The molecule has 0 unspecified atom stereocenters. The fraction of sp³-hybridized carbons (Fsp3) is 0.333. The SMILES string of the molecule is Cc1[nH]n([C@H]2CCS(=O)(=O)C2)c(=O)c1C=Nc1ccc(Br)cc1Cl. The van der Waals surface area contributed by atoms with Gasteiger partial charge in [-0.15, -0.1) is 0 Å². The summed E-state index contributed by atoms with van der Waals surface area (Å²) in [6.07, 6.45) is 1.90. The molecule has 2 heterocycles. The number of benzene rings is 1. The Morgan fingerprint density at radius 3 is 2.83 bits per heavy atom. The minimum Gasteiger partial charge on any atom is -0.299 e. The molecule has 3 rings (SSSR count). The van der Waals surface area contributed by atoms with Gasteiger partial charge in [0.15, 0.2) is 9.84 Å². The second kappa shape index (κ2) is 6.50. The molecule has 2 aromatic rings. The van der Waals surface area contributed by atoms with Gasteiger partial charge in [0.25, 0.3) is 5.56 Å². The molecule has 1 saturated heterocycles. The van der Waals surface area contributed by atoms with Gasteiger partial charge in [-0.05, 0) is 31.5 Å². The molecule has 0 saturated carbocycles. The molecular formula is C15H15BrClN3O3S. The minimum atomic E-state index is -3.06. The van der Waals surface area contributed by atoms with Crippen LogP contribution in [0.5, 0.6) is 0 Å². The highest BCUT2D eigenvalue weighted by Crippen LogP contribution is 2.28. The summed E-state index contributed by atoms with van der Waals surface area (Å²) in [5.74, 6) is 0.0993. The van der Waals surface area contributed by atoms with Gasteiger partial charge in [0.1, 0.15) is 0 Å². The van der Waals surface area contributed by atoms with Crippen LogP contribution < -0.4 is 5.56 Å². The Morgan fingerprint density at radius 1 is 1.46 bits per heavy atom. The largest absolute Gasteiger partial charge is 0.299 e. The number of H-pyrrole nitrogens is 1. The predicted octanol–water partition coefficient (Wildman–Crippen LogP) is 3.01. The van der Waals surface area contributed by atoms with Gasteiger partial charge >= 0.3 is 0 Å². The standard InChI is InChI=1S/C15H15BrClN3O3S/c1-9-12(7-18-14-3-2-10(16)6-13(14)17)15(21)20(19-9)11-4-5-24(22,23)8-11/h2-3,6-7,11,19H,4-5,8H2,1H3/t11-/m0/s1. The Balaban J connectivity index is 1.92. The molecule has 1 atom stereocenters. The fourth-order valence-electron chi connectivity index (χ4n) is 2.69. The summed E-state index contributed by atoms with van der Waals surface area (Å²) in [4.78, 5) is 16.8. The number of nitrogens with zero attached hydrogens (tertiary/aromatic N) is 2. The van der Waals surface area contributed by atoms with E-state index in [-0.39, 0.29) is 23.1 Å². The number of aliphatic imine (C=N–C) groups is 1. The van der Waals surface area contributed by atoms with Crippen LogP contribution in [-0.2, 0) is 9.84 Å². The first kappa shape index (κ1) is 17.4. The predicted molar refractivity (Wildman–Crippen MR) is 98.5 cm³/mol. The van der Waals surface area contributed by atoms with Gasteiger partial charge in [-0.3, -0.25) is 14.9 Å². The molecule has 1 aliphatic heterocycles. The van der Waals surface area contributed by atoms with E-state index < -0.39 is 9.84 Å². The van der Waals surface area contributed by atoms with Crippen molar-refractivity contribution >= 4 is 49.3 Å². The number of hydrogen-bond acceptors (Lipinski definition) is 4. The summed E-state index contributed by atoms with van der Waals surface area (Å²) in [5.41, 5.74) is 1.32. The normalized spacial score (nSPS) is 20.0. The van der Waals surface area contributed by atoms with Crippen molar-refractivity contribution < 1.29 is 8.42 Å². The van der Waals surface area contributed by atoms with E-state index >= 15 is 0 Å². The molecular weight excluding hydrogens is 418 g/mol. The maximum atomic E-state index is 12.6. The average Bonchev–Trinajstić information content (AvgIpc) is 2.99. The monoisotopic (exact) mass is 431 g/mol. The smallest absolute Gasteiger partial charge is 0.275 e. The molecule has 0 bridgehead atoms. The summed E-state index contributed by atoms with van der Waals surface area (Å²) in [5, 5.41) is 3.43. The van der Waals surface area contributed by atoms with Crippen LogP contribution in [0, 0.1) is 6.92 Å². The molecule has 1 fully saturated rings. The highest BCUT2D eigenvalue weighted by atomic mass is 79.9. The van der Waals surface area contributed by atoms with E-state index in [9.17, 15) is 13.2 Å². The van der Waals surface area contributed by atoms with E-state index in [1.54, 1.807) is 19.1 Å². The zero-order valence-corrected chi connectivity index (χ0v) is 15.9. The summed E-state index contributed by atoms with van der Waals surface area (Å²) in [7, 11) is -3.06. The van der Waals surface area contributed by atoms with Crippen LogP contribution in [0.15, 0.2) is 32.5 Å². The number of sulfone groups is 1. The Morgan fingerprint density at radius 2 is 2.21 bits per heavy atom. The maximum absolute atomic E-state index is 12.6. The van der Waals surface area contributed by atoms with Crippen LogP contribution >= 0.6 is 27.5 Å². The van der Waals surface area contributed by atoms with Crippen LogP contribution in [0.2, 0.25) is 5.02 Å². The minimum absolute atomic E-state index is 0.0119. The summed E-state index contributed by atoms with van der Waals surface area (Å²) < 4.78 is 25.5. The lowest BCUT2D eigenvalue weighted by molar-refractivity contribution is 0.483. The second-order valence-corrected chi connectivity index (χ2v) is 9.29. The van der Waals surface area contributed by atoms with Crippen LogP contribution in [0.3, 0.4) is 0 Å². The zero-order valence-electron chi connectivity index (χ0n) is 12.8. The van der Waals surface area contributed by atoms with E-state index in [4.69, 9.17) is 11.6 Å². The number of aromatic amines is 1. The number of nitrogens with one attached hydrogen (secondary N) is 1. The third kappa shape index (κ3) is 3.50. The van der Waals surface area contributed by atoms with E-state index in [1.165, 1.54) is 10.9 Å². The van der Waals surface area contributed by atoms with Crippen LogP contribution in [0.1, 0.15) is 23.7 Å². The van der Waals surface area contributed by atoms with Crippen LogP contribution in [0.25, 0.3) is 0 Å². The molecule has 9 heteroatoms. The van der Waals surface area contributed by atoms with Gasteiger partial charge < -0.3 is 0 Å². The van der Waals surface area contributed by atoms with Gasteiger partial charge in [-0.2, -0.15) is 0 Å². The number of hydrogen-bond donors (Lipinski definition) is 1. The number of rotatable bonds is 3. The molecule has 1 aliphatic rings. The molecule has 24 heavy (non-hydrogen) atoms. The van der Waals surface area contributed by atoms with Gasteiger partial charge in [-0.1, -0.05) is 27.5 Å². The van der Waals surface area contributed by atoms with Gasteiger partial charge in [0.05, 0.1) is 33.8 Å². The lowest BCUT2D eigenvalue weighted by Gasteiger charge is -2.07. The molecule has 0 radical (unpaired) electrons. The summed E-state index contributed by atoms with van der Waals surface area (Å²) in [6, 6.07) is 4.93. The lowest BCUT2D eigenvalue weighted by atomic mass is 10.2. The van der Waals surface area contributed by atoms with E-state index in [0.29, 0.717) is 28.4 Å². The van der Waals surface area contributed by atoms with Crippen molar-refractivity contribution in [1.29, 1.82) is 0 Å². The number of aryl methyl sites for hydroxylation is 1. The van der Waals surface area contributed by atoms with Gasteiger partial charge in [0.2, 0.25) is 0 Å². The van der Waals surface area contributed by atoms with Gasteiger partial charge in [0, 0.05) is 16.4 Å². The fourth-order valence-corrected chi connectivity index (χ4v) is 5.11. The maximum Gasteiger partial charge on any atom is 0.275 e. The highest BCUT2D eigenvalue weighted by molar-refractivity contribution is 9.10. The van der Waals surface area contributed by atoms with Crippen LogP contribution in [0.4, 0.5) is 5.69 Å². The van der Waals surface area contributed by atoms with Crippen molar-refractivity contribution in [3.05, 3.63) is 49.3 Å². The molecule has 0 spiro atoms. The van der Waals surface area contributed by atoms with Crippen molar-refractivity contribution in [2.45, 2.75) is 19.4 Å². The van der Waals surface area contributed by atoms with E-state index in [1.807, 2.05) is 6.07 Å². The Hall–Kier alpha value is -1.38. The topological polar surface area (TPSA) is 84.3 Å². The first-order chi connectivity index (χ1) is 11.3. The third-order valence-electron chi connectivity index (χ3n) is 3.96. The summed E-state index contributed by atoms with van der Waals surface area (Å²) in [6.45, 7) is 1.76. The molecule has 128 valence electrons. The van der Waals surface area contributed by atoms with Crippen LogP contribution in [-0.4, -0.2) is 35.9 Å². The lowest BCUT2D eigenvalue weighted by Crippen LogP contribution is -2.25. The molecule has 1 aromatic heterocycles. The van der Waals surface area contributed by atoms with Crippen molar-refractivity contribution in [3.8, 4) is 0 Å². The van der Waals surface area contributed by atoms with Crippen molar-refractivity contribution in [2.75, 3.05) is 11.5 Å². The molecule has 1 N–H and O–H groups in total. The number of aromatic nitrogens is 2. The first-order valence-electron chi connectivity index (χ1n) is 7.27. The Labute approximate surface area is 152 Å². The molecule has 1 aromatic carbocycles. The van der Waals surface area contributed by atoms with Crippen molar-refractivity contribution in [1.82, 2.24) is 9.78 Å². The quantitative estimate of drug-likeness (QED) is 0.757. The van der Waals surface area contributed by atoms with Crippen molar-refractivity contribution in [3.63, 3.8) is 0 Å². The Kier molecular flexibility index (Phi) is 4.72. The zero-order chi connectivity index (χ0) is 17.5. The molecule has 0 aliphatic carbocycles. The summed E-state index contributed by atoms with van der Waals surface area (Å²) >= 11 is 9.44. The number of halogens is 2. The Bertz CT molecular complexity index is 978. The van der Waals surface area contributed by atoms with E-state index in [2.05, 4.69) is 26.0 Å². The van der Waals surface area contributed by atoms with Crippen molar-refractivity contribution in [2.24, 2.45) is 4.99 Å². The average molecular weight is 433 g/mol. The highest BCUT2D eigenvalue weighted by Gasteiger charge is 2.31. The van der Waals surface area contributed by atoms with E-state index in [0.717, 1.165) is 4.47 Å². The third-order valence-corrected chi connectivity index (χ3v) is 6.50. The second-order valence-electron chi connectivity index (χ2n) is 5.74. The first-order valence-corrected chi connectivity index (χ1v) is 10.3. The molecule has 0 amide bonds. The molecule has 6 nitrogen and oxygen atoms in total.